The number of Topliss-reactive ketones (excluding diaryl/α,β-unsaturated/α-hetero) is 1. The Morgan fingerprint density at radius 3 is 2.35 bits per heavy atom. The number of rotatable bonds is 5. The first-order valence-electron chi connectivity index (χ1n) is 5.83. The molecular weight excluding hydrogens is 264 g/mol. The summed E-state index contributed by atoms with van der Waals surface area (Å²) in [5.74, 6) is -0.385. The highest BCUT2D eigenvalue weighted by Crippen LogP contribution is 2.33. The molecule has 1 heterocycles. The van der Waals surface area contributed by atoms with Crippen LogP contribution in [0.4, 0.5) is 0 Å². The van der Waals surface area contributed by atoms with Crippen LogP contribution in [0.25, 0.3) is 10.9 Å². The Morgan fingerprint density at radius 1 is 1.25 bits per heavy atom. The highest BCUT2D eigenvalue weighted by atomic mass is 16.5. The van der Waals surface area contributed by atoms with Gasteiger partial charge in [-0.15, -0.1) is 0 Å². The Morgan fingerprint density at radius 2 is 1.85 bits per heavy atom. The van der Waals surface area contributed by atoms with Gasteiger partial charge in [-0.1, -0.05) is 0 Å². The molecule has 7 heteroatoms. The van der Waals surface area contributed by atoms with Crippen molar-refractivity contribution in [1.82, 2.24) is 9.78 Å². The molecule has 0 saturated heterocycles. The van der Waals surface area contributed by atoms with Gasteiger partial charge in [-0.05, 0) is 6.07 Å². The van der Waals surface area contributed by atoms with Crippen molar-refractivity contribution in [2.24, 2.45) is 0 Å². The maximum atomic E-state index is 11.6. The van der Waals surface area contributed by atoms with Crippen LogP contribution < -0.4 is 9.47 Å². The number of ketones is 1. The molecule has 0 fully saturated rings. The van der Waals surface area contributed by atoms with Crippen LogP contribution in [0.5, 0.6) is 11.5 Å². The zero-order chi connectivity index (χ0) is 14.9. The predicted octanol–water partition coefficient (Wildman–Crippen LogP) is 1.34. The summed E-state index contributed by atoms with van der Waals surface area (Å²) >= 11 is 0. The van der Waals surface area contributed by atoms with Crippen LogP contribution in [0, 0.1) is 0 Å². The van der Waals surface area contributed by atoms with E-state index in [1.54, 1.807) is 12.1 Å². The molecule has 1 aromatic carbocycles. The van der Waals surface area contributed by atoms with Gasteiger partial charge >= 0.3 is 5.97 Å². The third-order valence-corrected chi connectivity index (χ3v) is 2.87. The molecule has 0 aliphatic rings. The highest BCUT2D eigenvalue weighted by molar-refractivity contribution is 6.05. The lowest BCUT2D eigenvalue weighted by Crippen LogP contribution is -2.10. The number of hydrogen-bond donors (Lipinski definition) is 1. The molecular formula is C13H14N2O5. The molecule has 0 amide bonds. The second-order valence-electron chi connectivity index (χ2n) is 4.18. The van der Waals surface area contributed by atoms with Gasteiger partial charge in [-0.25, -0.2) is 0 Å². The number of hydrogen-bond acceptors (Lipinski definition) is 5. The van der Waals surface area contributed by atoms with E-state index in [0.29, 0.717) is 22.4 Å². The molecule has 1 N–H and O–H groups in total. The van der Waals surface area contributed by atoms with E-state index < -0.39 is 5.97 Å². The molecule has 2 aromatic rings. The number of ether oxygens (including phenoxy) is 2. The predicted molar refractivity (Wildman–Crippen MR) is 70.5 cm³/mol. The zero-order valence-electron chi connectivity index (χ0n) is 11.3. The summed E-state index contributed by atoms with van der Waals surface area (Å²) < 4.78 is 11.6. The number of carbonyl (C=O) groups excluding carboxylic acids is 1. The normalized spacial score (nSPS) is 10.6. The molecule has 0 radical (unpaired) electrons. The summed E-state index contributed by atoms with van der Waals surface area (Å²) in [5.41, 5.74) is 0.720. The van der Waals surface area contributed by atoms with Gasteiger partial charge in [0, 0.05) is 18.4 Å². The van der Waals surface area contributed by atoms with Gasteiger partial charge in [-0.2, -0.15) is 5.10 Å². The van der Waals surface area contributed by atoms with Crippen molar-refractivity contribution >= 4 is 22.7 Å². The van der Waals surface area contributed by atoms with Crippen LogP contribution in [0.2, 0.25) is 0 Å². The third-order valence-electron chi connectivity index (χ3n) is 2.87. The monoisotopic (exact) mass is 278 g/mol. The summed E-state index contributed by atoms with van der Waals surface area (Å²) in [6.45, 7) is 1.04. The molecule has 106 valence electrons. The Kier molecular flexibility index (Phi) is 3.60. The number of aliphatic carboxylic acids is 1. The average Bonchev–Trinajstić information content (AvgIpc) is 2.74. The van der Waals surface area contributed by atoms with Gasteiger partial charge in [0.15, 0.2) is 17.3 Å². The molecule has 1 aromatic heterocycles. The Bertz CT molecular complexity index is 690. The van der Waals surface area contributed by atoms with E-state index in [2.05, 4.69) is 5.10 Å². The number of methoxy groups -OCH3 is 2. The van der Waals surface area contributed by atoms with Gasteiger partial charge in [-0.3, -0.25) is 14.3 Å². The molecule has 0 atom stereocenters. The Hall–Kier alpha value is -2.57. The summed E-state index contributed by atoms with van der Waals surface area (Å²) in [4.78, 5) is 22.5. The van der Waals surface area contributed by atoms with Crippen LogP contribution in [-0.2, 0) is 11.3 Å². The lowest BCUT2D eigenvalue weighted by atomic mass is 10.1. The van der Waals surface area contributed by atoms with Crippen LogP contribution in [0.3, 0.4) is 0 Å². The van der Waals surface area contributed by atoms with Crippen molar-refractivity contribution in [3.05, 3.63) is 17.8 Å². The average molecular weight is 278 g/mol. The van der Waals surface area contributed by atoms with Crippen molar-refractivity contribution in [2.75, 3.05) is 14.2 Å². The lowest BCUT2D eigenvalue weighted by molar-refractivity contribution is -0.137. The summed E-state index contributed by atoms with van der Waals surface area (Å²) in [6.07, 6.45) is 0. The standard InChI is InChI=1S/C13H14N2O5/c1-7(16)13-8-4-10(19-2)11(20-3)5-9(8)15(14-13)6-12(17)18/h4-5H,6H2,1-3H3,(H,17,18). The molecule has 0 aliphatic heterocycles. The van der Waals surface area contributed by atoms with Crippen molar-refractivity contribution in [3.63, 3.8) is 0 Å². The molecule has 2 rings (SSSR count). The molecule has 0 saturated carbocycles. The van der Waals surface area contributed by atoms with Gasteiger partial charge in [0.1, 0.15) is 12.2 Å². The van der Waals surface area contributed by atoms with Crippen molar-refractivity contribution in [3.8, 4) is 11.5 Å². The SMILES string of the molecule is COc1cc2c(C(C)=O)nn(CC(=O)O)c2cc1OC. The number of carboxylic acids is 1. The molecule has 0 bridgehead atoms. The van der Waals surface area contributed by atoms with E-state index in [0.717, 1.165) is 0 Å². The second kappa shape index (κ2) is 5.20. The van der Waals surface area contributed by atoms with Crippen LogP contribution >= 0.6 is 0 Å². The maximum absolute atomic E-state index is 11.6. The number of aromatic nitrogens is 2. The Labute approximate surface area is 114 Å². The van der Waals surface area contributed by atoms with E-state index in [9.17, 15) is 9.59 Å². The number of nitrogens with zero attached hydrogens (tertiary/aromatic N) is 2. The van der Waals surface area contributed by atoms with Crippen molar-refractivity contribution in [1.29, 1.82) is 0 Å². The third kappa shape index (κ3) is 2.29. The Balaban J connectivity index is 2.75. The first-order valence-corrected chi connectivity index (χ1v) is 5.83. The van der Waals surface area contributed by atoms with Crippen molar-refractivity contribution in [2.45, 2.75) is 13.5 Å². The number of benzene rings is 1. The number of carboxylic acid groups (broad SMARTS) is 1. The summed E-state index contributed by atoms with van der Waals surface area (Å²) in [6, 6.07) is 3.23. The van der Waals surface area contributed by atoms with Crippen LogP contribution in [0.1, 0.15) is 17.4 Å². The smallest absolute Gasteiger partial charge is 0.325 e. The summed E-state index contributed by atoms with van der Waals surface area (Å²) in [5, 5.41) is 13.5. The van der Waals surface area contributed by atoms with Gasteiger partial charge in [0.2, 0.25) is 0 Å². The number of carbonyl (C=O) groups is 2. The fourth-order valence-corrected chi connectivity index (χ4v) is 2.01. The van der Waals surface area contributed by atoms with Crippen LogP contribution in [-0.4, -0.2) is 40.9 Å². The molecule has 0 unspecified atom stereocenters. The fourth-order valence-electron chi connectivity index (χ4n) is 2.01. The fraction of sp³-hybridized carbons (Fsp3) is 0.308. The topological polar surface area (TPSA) is 90.7 Å². The van der Waals surface area contributed by atoms with Crippen molar-refractivity contribution < 1.29 is 24.2 Å². The minimum Gasteiger partial charge on any atom is -0.493 e. The molecule has 7 nitrogen and oxygen atoms in total. The van der Waals surface area contributed by atoms with Gasteiger partial charge in [0.25, 0.3) is 0 Å². The zero-order valence-corrected chi connectivity index (χ0v) is 11.3. The minimum absolute atomic E-state index is 0.210. The van der Waals surface area contributed by atoms with Gasteiger partial charge < -0.3 is 14.6 Å². The summed E-state index contributed by atoms with van der Waals surface area (Å²) in [7, 11) is 2.96. The molecule has 0 aliphatic carbocycles. The lowest BCUT2D eigenvalue weighted by Gasteiger charge is -2.08. The van der Waals surface area contributed by atoms with E-state index in [4.69, 9.17) is 14.6 Å². The number of fused-ring (bicyclic) bond motifs is 1. The first kappa shape index (κ1) is 13.9. The minimum atomic E-state index is -1.04. The largest absolute Gasteiger partial charge is 0.493 e. The van der Waals surface area contributed by atoms with Crippen LogP contribution in [0.15, 0.2) is 12.1 Å². The second-order valence-corrected chi connectivity index (χ2v) is 4.18. The molecule has 0 spiro atoms. The van der Waals surface area contributed by atoms with E-state index in [-0.39, 0.29) is 18.0 Å². The maximum Gasteiger partial charge on any atom is 0.325 e. The highest BCUT2D eigenvalue weighted by Gasteiger charge is 2.18. The van der Waals surface area contributed by atoms with E-state index in [1.165, 1.54) is 25.8 Å². The van der Waals surface area contributed by atoms with E-state index >= 15 is 0 Å². The van der Waals surface area contributed by atoms with E-state index in [1.807, 2.05) is 0 Å². The first-order chi connectivity index (χ1) is 9.47. The molecule has 20 heavy (non-hydrogen) atoms. The quantitative estimate of drug-likeness (QED) is 0.830. The van der Waals surface area contributed by atoms with Gasteiger partial charge in [0.05, 0.1) is 19.7 Å².